The molecule has 0 radical (unpaired) electrons. The van der Waals surface area contributed by atoms with E-state index in [0.717, 1.165) is 0 Å². The molecule has 0 amide bonds. The van der Waals surface area contributed by atoms with Crippen LogP contribution >= 0.6 is 0 Å². The summed E-state index contributed by atoms with van der Waals surface area (Å²) in [7, 11) is 0. The second-order valence-corrected chi connectivity index (χ2v) is 3.33. The van der Waals surface area contributed by atoms with Crippen molar-refractivity contribution < 1.29 is 14.1 Å². The number of carbonyl (C=O) groups is 2. The standard InChI is InChI=1S/C12H9NO3/c1-8(14)10-7-11(16-13-10)12(15)9-5-3-2-4-6-9/h2-7H,1H3. The average Bonchev–Trinajstić information content (AvgIpc) is 2.78. The average molecular weight is 215 g/mol. The lowest BCUT2D eigenvalue weighted by Gasteiger charge is -1.93. The van der Waals surface area contributed by atoms with E-state index in [4.69, 9.17) is 4.52 Å². The Morgan fingerprint density at radius 2 is 1.88 bits per heavy atom. The van der Waals surface area contributed by atoms with Crippen molar-refractivity contribution in [2.45, 2.75) is 6.92 Å². The summed E-state index contributed by atoms with van der Waals surface area (Å²) in [4.78, 5) is 22.8. The Balaban J connectivity index is 2.31. The van der Waals surface area contributed by atoms with E-state index < -0.39 is 0 Å². The molecule has 0 bridgehead atoms. The molecule has 1 aromatic heterocycles. The van der Waals surface area contributed by atoms with E-state index in [9.17, 15) is 9.59 Å². The highest BCUT2D eigenvalue weighted by Crippen LogP contribution is 2.11. The molecular weight excluding hydrogens is 206 g/mol. The molecule has 80 valence electrons. The summed E-state index contributed by atoms with van der Waals surface area (Å²) in [6.45, 7) is 1.37. The van der Waals surface area contributed by atoms with E-state index in [1.807, 2.05) is 6.07 Å². The second-order valence-electron chi connectivity index (χ2n) is 3.33. The van der Waals surface area contributed by atoms with E-state index in [-0.39, 0.29) is 23.0 Å². The second kappa shape index (κ2) is 4.10. The van der Waals surface area contributed by atoms with Crippen molar-refractivity contribution in [3.05, 3.63) is 53.4 Å². The number of hydrogen-bond donors (Lipinski definition) is 0. The van der Waals surface area contributed by atoms with Gasteiger partial charge in [-0.05, 0) is 0 Å². The summed E-state index contributed by atoms with van der Waals surface area (Å²) in [5, 5.41) is 3.52. The predicted octanol–water partition coefficient (Wildman–Crippen LogP) is 2.11. The maximum absolute atomic E-state index is 11.8. The van der Waals surface area contributed by atoms with Crippen LogP contribution in [0.5, 0.6) is 0 Å². The Kier molecular flexibility index (Phi) is 2.64. The van der Waals surface area contributed by atoms with Gasteiger partial charge >= 0.3 is 0 Å². The molecule has 0 atom stereocenters. The molecule has 4 heteroatoms. The largest absolute Gasteiger partial charge is 0.352 e. The number of Topliss-reactive ketones (excluding diaryl/α,β-unsaturated/α-hetero) is 1. The predicted molar refractivity (Wildman–Crippen MR) is 56.4 cm³/mol. The normalized spacial score (nSPS) is 10.1. The third-order valence-corrected chi connectivity index (χ3v) is 2.13. The highest BCUT2D eigenvalue weighted by atomic mass is 16.5. The molecule has 0 N–H and O–H groups in total. The van der Waals surface area contributed by atoms with Crippen molar-refractivity contribution in [1.29, 1.82) is 0 Å². The van der Waals surface area contributed by atoms with Crippen LogP contribution in [0.15, 0.2) is 40.9 Å². The van der Waals surface area contributed by atoms with Crippen LogP contribution in [0.25, 0.3) is 0 Å². The number of aromatic nitrogens is 1. The van der Waals surface area contributed by atoms with E-state index >= 15 is 0 Å². The van der Waals surface area contributed by atoms with Gasteiger partial charge in [0.1, 0.15) is 5.69 Å². The van der Waals surface area contributed by atoms with Crippen molar-refractivity contribution >= 4 is 11.6 Å². The minimum Gasteiger partial charge on any atom is -0.352 e. The van der Waals surface area contributed by atoms with Gasteiger partial charge in [0, 0.05) is 18.6 Å². The van der Waals surface area contributed by atoms with Crippen molar-refractivity contribution in [3.8, 4) is 0 Å². The fourth-order valence-corrected chi connectivity index (χ4v) is 1.28. The summed E-state index contributed by atoms with van der Waals surface area (Å²) in [5.41, 5.74) is 0.674. The van der Waals surface area contributed by atoms with E-state index in [0.29, 0.717) is 5.56 Å². The highest BCUT2D eigenvalue weighted by molar-refractivity contribution is 6.08. The first kappa shape index (κ1) is 10.3. The van der Waals surface area contributed by atoms with E-state index in [2.05, 4.69) is 5.16 Å². The molecule has 16 heavy (non-hydrogen) atoms. The van der Waals surface area contributed by atoms with Crippen LogP contribution < -0.4 is 0 Å². The van der Waals surface area contributed by atoms with Crippen LogP contribution in [-0.2, 0) is 0 Å². The SMILES string of the molecule is CC(=O)c1cc(C(=O)c2ccccc2)on1. The van der Waals surface area contributed by atoms with Crippen LogP contribution in [0.4, 0.5) is 0 Å². The number of rotatable bonds is 3. The number of carbonyl (C=O) groups excluding carboxylic acids is 2. The van der Waals surface area contributed by atoms with Crippen LogP contribution in [0, 0.1) is 0 Å². The Morgan fingerprint density at radius 3 is 2.44 bits per heavy atom. The molecule has 0 spiro atoms. The lowest BCUT2D eigenvalue weighted by Crippen LogP contribution is -1.99. The number of nitrogens with zero attached hydrogens (tertiary/aromatic N) is 1. The summed E-state index contributed by atoms with van der Waals surface area (Å²) in [6, 6.07) is 10.1. The van der Waals surface area contributed by atoms with Gasteiger partial charge in [0.25, 0.3) is 0 Å². The Labute approximate surface area is 91.9 Å². The first-order valence-corrected chi connectivity index (χ1v) is 4.76. The van der Waals surface area contributed by atoms with Crippen LogP contribution in [0.3, 0.4) is 0 Å². The fourth-order valence-electron chi connectivity index (χ4n) is 1.28. The monoisotopic (exact) mass is 215 g/mol. The van der Waals surface area contributed by atoms with Gasteiger partial charge in [0.2, 0.25) is 11.5 Å². The summed E-state index contributed by atoms with van der Waals surface area (Å²) < 4.78 is 4.82. The smallest absolute Gasteiger partial charge is 0.231 e. The minimum absolute atomic E-state index is 0.0800. The molecule has 2 aromatic rings. The zero-order valence-electron chi connectivity index (χ0n) is 8.64. The lowest BCUT2D eigenvalue weighted by molar-refractivity contribution is 0.0986. The zero-order chi connectivity index (χ0) is 11.5. The third-order valence-electron chi connectivity index (χ3n) is 2.13. The molecule has 0 aliphatic carbocycles. The molecule has 0 aliphatic heterocycles. The molecule has 0 saturated carbocycles. The van der Waals surface area contributed by atoms with Gasteiger partial charge in [0.15, 0.2) is 5.78 Å². The molecule has 0 unspecified atom stereocenters. The molecule has 0 aliphatic rings. The van der Waals surface area contributed by atoms with Crippen molar-refractivity contribution in [1.82, 2.24) is 5.16 Å². The molecule has 4 nitrogen and oxygen atoms in total. The summed E-state index contributed by atoms with van der Waals surface area (Å²) in [5.74, 6) is -0.423. The third kappa shape index (κ3) is 1.91. The number of benzene rings is 1. The van der Waals surface area contributed by atoms with Gasteiger partial charge in [-0.25, -0.2) is 0 Å². The van der Waals surface area contributed by atoms with Gasteiger partial charge < -0.3 is 4.52 Å². The van der Waals surface area contributed by atoms with Crippen LogP contribution in [-0.4, -0.2) is 16.7 Å². The molecule has 0 saturated heterocycles. The molecule has 2 rings (SSSR count). The van der Waals surface area contributed by atoms with Crippen LogP contribution in [0.2, 0.25) is 0 Å². The minimum atomic E-state index is -0.277. The van der Waals surface area contributed by atoms with Gasteiger partial charge in [-0.15, -0.1) is 0 Å². The molecular formula is C12H9NO3. The van der Waals surface area contributed by atoms with Crippen LogP contribution in [0.1, 0.15) is 33.5 Å². The molecule has 1 aromatic carbocycles. The number of hydrogen-bond acceptors (Lipinski definition) is 4. The lowest BCUT2D eigenvalue weighted by atomic mass is 10.1. The molecule has 1 heterocycles. The summed E-state index contributed by atoms with van der Waals surface area (Å²) in [6.07, 6.45) is 0. The van der Waals surface area contributed by atoms with Gasteiger partial charge in [-0.3, -0.25) is 9.59 Å². The zero-order valence-corrected chi connectivity index (χ0v) is 8.64. The summed E-state index contributed by atoms with van der Waals surface area (Å²) >= 11 is 0. The maximum atomic E-state index is 11.8. The maximum Gasteiger partial charge on any atom is 0.231 e. The van der Waals surface area contributed by atoms with Crippen molar-refractivity contribution in [3.63, 3.8) is 0 Å². The topological polar surface area (TPSA) is 60.2 Å². The Hall–Kier alpha value is -2.23. The molecule has 0 fully saturated rings. The van der Waals surface area contributed by atoms with Gasteiger partial charge in [-0.1, -0.05) is 35.5 Å². The Morgan fingerprint density at radius 1 is 1.19 bits per heavy atom. The van der Waals surface area contributed by atoms with Gasteiger partial charge in [-0.2, -0.15) is 0 Å². The first-order valence-electron chi connectivity index (χ1n) is 4.76. The first-order chi connectivity index (χ1) is 7.68. The van der Waals surface area contributed by atoms with Crippen molar-refractivity contribution in [2.24, 2.45) is 0 Å². The van der Waals surface area contributed by atoms with Crippen molar-refractivity contribution in [2.75, 3.05) is 0 Å². The fraction of sp³-hybridized carbons (Fsp3) is 0.0833. The Bertz CT molecular complexity index is 528. The van der Waals surface area contributed by atoms with E-state index in [1.165, 1.54) is 13.0 Å². The highest BCUT2D eigenvalue weighted by Gasteiger charge is 2.16. The van der Waals surface area contributed by atoms with Gasteiger partial charge in [0.05, 0.1) is 0 Å². The quantitative estimate of drug-likeness (QED) is 0.735. The van der Waals surface area contributed by atoms with E-state index in [1.54, 1.807) is 24.3 Å². The number of ketones is 2.